The van der Waals surface area contributed by atoms with Crippen LogP contribution in [0, 0.1) is 0 Å². The Labute approximate surface area is 158 Å². The summed E-state index contributed by atoms with van der Waals surface area (Å²) in [5.74, 6) is 3.04. The van der Waals surface area contributed by atoms with E-state index in [1.54, 1.807) is 7.11 Å². The highest BCUT2D eigenvalue weighted by Gasteiger charge is 2.42. The van der Waals surface area contributed by atoms with Crippen LogP contribution in [0.4, 0.5) is 0 Å². The summed E-state index contributed by atoms with van der Waals surface area (Å²) in [6.45, 7) is 11.1. The molecule has 0 radical (unpaired) electrons. The third-order valence-electron chi connectivity index (χ3n) is 5.38. The zero-order chi connectivity index (χ0) is 19.4. The topological polar surface area (TPSA) is 26.3 Å². The van der Waals surface area contributed by atoms with Crippen LogP contribution in [0.2, 0.25) is 18.1 Å². The summed E-state index contributed by atoms with van der Waals surface area (Å²) in [6.07, 6.45) is 0. The minimum absolute atomic E-state index is 0.00924. The van der Waals surface area contributed by atoms with Crippen molar-refractivity contribution in [3.63, 3.8) is 0 Å². The standard InChI is InChI=1S/C23H28O2Si/c1-23(2,3)26(5,6)20(17-24)21(18-13-9-7-10-14-18)22(25-4)19-15-11-8-12-16-19/h7-16H,1-6H3/b22-21-. The van der Waals surface area contributed by atoms with E-state index in [1.165, 1.54) is 0 Å². The maximum Gasteiger partial charge on any atom is 0.134 e. The maximum absolute atomic E-state index is 12.2. The van der Waals surface area contributed by atoms with Gasteiger partial charge in [0.1, 0.15) is 19.8 Å². The normalized spacial score (nSPS) is 12.8. The Bertz CT molecular complexity index is 822. The first-order valence-corrected chi connectivity index (χ1v) is 11.9. The number of hydrogen-bond donors (Lipinski definition) is 0. The summed E-state index contributed by atoms with van der Waals surface area (Å²) < 4.78 is 5.85. The lowest BCUT2D eigenvalue weighted by Crippen LogP contribution is -2.40. The van der Waals surface area contributed by atoms with Gasteiger partial charge in [-0.2, -0.15) is 0 Å². The first-order valence-electron chi connectivity index (χ1n) is 8.89. The Morgan fingerprint density at radius 3 is 1.73 bits per heavy atom. The molecule has 0 saturated carbocycles. The predicted molar refractivity (Wildman–Crippen MR) is 113 cm³/mol. The molecule has 0 spiro atoms. The van der Waals surface area contributed by atoms with E-state index in [-0.39, 0.29) is 5.04 Å². The first-order chi connectivity index (χ1) is 12.2. The number of benzene rings is 2. The fraction of sp³-hybridized carbons (Fsp3) is 0.304. The van der Waals surface area contributed by atoms with Crippen molar-refractivity contribution in [2.24, 2.45) is 0 Å². The largest absolute Gasteiger partial charge is 0.495 e. The van der Waals surface area contributed by atoms with Crippen LogP contribution >= 0.6 is 0 Å². The predicted octanol–water partition coefficient (Wildman–Crippen LogP) is 6.01. The Kier molecular flexibility index (Phi) is 6.07. The molecule has 0 aliphatic carbocycles. The van der Waals surface area contributed by atoms with Crippen molar-refractivity contribution < 1.29 is 9.53 Å². The van der Waals surface area contributed by atoms with Crippen molar-refractivity contribution in [2.45, 2.75) is 38.9 Å². The van der Waals surface area contributed by atoms with Crippen LogP contribution in [0.3, 0.4) is 0 Å². The van der Waals surface area contributed by atoms with Crippen molar-refractivity contribution in [1.29, 1.82) is 0 Å². The fourth-order valence-electron chi connectivity index (χ4n) is 2.81. The van der Waals surface area contributed by atoms with Gasteiger partial charge in [0.25, 0.3) is 0 Å². The van der Waals surface area contributed by atoms with Crippen LogP contribution in [-0.4, -0.2) is 21.1 Å². The summed E-state index contributed by atoms with van der Waals surface area (Å²) in [5.41, 5.74) is 2.80. The molecular weight excluding hydrogens is 336 g/mol. The van der Waals surface area contributed by atoms with Crippen molar-refractivity contribution in [3.05, 3.63) is 77.0 Å². The lowest BCUT2D eigenvalue weighted by atomic mass is 10.0. The van der Waals surface area contributed by atoms with Crippen LogP contribution < -0.4 is 0 Å². The van der Waals surface area contributed by atoms with Gasteiger partial charge in [-0.1, -0.05) is 94.5 Å². The van der Waals surface area contributed by atoms with Gasteiger partial charge in [-0.25, -0.2) is 4.79 Å². The smallest absolute Gasteiger partial charge is 0.134 e. The average Bonchev–Trinajstić information content (AvgIpc) is 2.62. The van der Waals surface area contributed by atoms with Gasteiger partial charge in [0.15, 0.2) is 0 Å². The second kappa shape index (κ2) is 7.90. The maximum atomic E-state index is 12.2. The molecule has 0 N–H and O–H groups in total. The second-order valence-electron chi connectivity index (χ2n) is 7.99. The first kappa shape index (κ1) is 20.0. The van der Waals surface area contributed by atoms with Crippen molar-refractivity contribution in [1.82, 2.24) is 0 Å². The van der Waals surface area contributed by atoms with Gasteiger partial charge < -0.3 is 4.74 Å². The van der Waals surface area contributed by atoms with E-state index in [2.05, 4.69) is 39.8 Å². The highest BCUT2D eigenvalue weighted by Crippen LogP contribution is 2.46. The van der Waals surface area contributed by atoms with Gasteiger partial charge >= 0.3 is 0 Å². The van der Waals surface area contributed by atoms with E-state index in [0.717, 1.165) is 27.7 Å². The molecule has 2 aromatic rings. The molecular formula is C23H28O2Si. The van der Waals surface area contributed by atoms with Crippen LogP contribution in [0.1, 0.15) is 31.9 Å². The SMILES string of the molecule is CO/C(=C(\C(=C=O)[Si](C)(C)C(C)(C)C)c1ccccc1)c1ccccc1. The third kappa shape index (κ3) is 3.90. The summed E-state index contributed by atoms with van der Waals surface area (Å²) in [4.78, 5) is 12.2. The van der Waals surface area contributed by atoms with E-state index in [9.17, 15) is 4.79 Å². The molecule has 0 bridgehead atoms. The summed E-state index contributed by atoms with van der Waals surface area (Å²) in [7, 11) is -0.471. The Morgan fingerprint density at radius 1 is 0.885 bits per heavy atom. The number of rotatable bonds is 5. The Hall–Kier alpha value is -2.35. The zero-order valence-electron chi connectivity index (χ0n) is 16.6. The molecule has 26 heavy (non-hydrogen) atoms. The number of methoxy groups -OCH3 is 1. The van der Waals surface area contributed by atoms with Gasteiger partial charge in [0.05, 0.1) is 7.11 Å². The Morgan fingerprint density at radius 2 is 1.35 bits per heavy atom. The minimum Gasteiger partial charge on any atom is -0.495 e. The van der Waals surface area contributed by atoms with E-state index in [4.69, 9.17) is 4.74 Å². The van der Waals surface area contributed by atoms with Gasteiger partial charge in [0, 0.05) is 16.3 Å². The van der Waals surface area contributed by atoms with Crippen molar-refractivity contribution in [2.75, 3.05) is 7.11 Å². The van der Waals surface area contributed by atoms with Gasteiger partial charge in [-0.15, -0.1) is 0 Å². The van der Waals surface area contributed by atoms with E-state index < -0.39 is 8.07 Å². The fourth-order valence-corrected chi connectivity index (χ4v) is 4.70. The molecule has 136 valence electrons. The van der Waals surface area contributed by atoms with E-state index in [1.807, 2.05) is 60.7 Å². The van der Waals surface area contributed by atoms with Crippen molar-refractivity contribution >= 4 is 25.3 Å². The second-order valence-corrected chi connectivity index (χ2v) is 13.2. The van der Waals surface area contributed by atoms with Crippen LogP contribution in [-0.2, 0) is 9.53 Å². The number of ether oxygens (including phenoxy) is 1. The summed E-state index contributed by atoms with van der Waals surface area (Å²) >= 11 is 0. The average molecular weight is 365 g/mol. The van der Waals surface area contributed by atoms with Gasteiger partial charge in [0.2, 0.25) is 0 Å². The molecule has 0 heterocycles. The molecule has 2 aromatic carbocycles. The number of carbonyl (C=O) groups excluding carboxylic acids is 1. The highest BCUT2D eigenvalue weighted by molar-refractivity contribution is 6.90. The van der Waals surface area contributed by atoms with Crippen molar-refractivity contribution in [3.8, 4) is 0 Å². The van der Waals surface area contributed by atoms with E-state index >= 15 is 0 Å². The molecule has 0 atom stereocenters. The lowest BCUT2D eigenvalue weighted by Gasteiger charge is -2.38. The highest BCUT2D eigenvalue weighted by atomic mass is 28.3. The lowest BCUT2D eigenvalue weighted by molar-refractivity contribution is 0.371. The minimum atomic E-state index is -2.14. The number of allylic oxidation sites excluding steroid dienone is 2. The molecule has 0 fully saturated rings. The summed E-state index contributed by atoms with van der Waals surface area (Å²) in [6, 6.07) is 20.0. The molecule has 0 unspecified atom stereocenters. The number of hydrogen-bond acceptors (Lipinski definition) is 2. The molecule has 0 aromatic heterocycles. The zero-order valence-corrected chi connectivity index (χ0v) is 17.6. The molecule has 2 nitrogen and oxygen atoms in total. The molecule has 2 rings (SSSR count). The molecule has 0 aliphatic heterocycles. The third-order valence-corrected chi connectivity index (χ3v) is 10.7. The van der Waals surface area contributed by atoms with Gasteiger partial charge in [-0.3, -0.25) is 0 Å². The molecule has 0 aliphatic rings. The van der Waals surface area contributed by atoms with E-state index in [0.29, 0.717) is 0 Å². The molecule has 0 amide bonds. The quantitative estimate of drug-likeness (QED) is 0.214. The monoisotopic (exact) mass is 364 g/mol. The van der Waals surface area contributed by atoms with Gasteiger partial charge in [-0.05, 0) is 10.6 Å². The Balaban J connectivity index is 2.86. The van der Waals surface area contributed by atoms with Crippen LogP contribution in [0.25, 0.3) is 11.3 Å². The van der Waals surface area contributed by atoms with Crippen LogP contribution in [0.5, 0.6) is 0 Å². The van der Waals surface area contributed by atoms with Crippen LogP contribution in [0.15, 0.2) is 65.9 Å². The molecule has 3 heteroatoms. The molecule has 0 saturated heterocycles. The summed E-state index contributed by atoms with van der Waals surface area (Å²) in [5, 5.41) is 0.770.